The highest BCUT2D eigenvalue weighted by Gasteiger charge is 2.22. The second kappa shape index (κ2) is 7.12. The van der Waals surface area contributed by atoms with Crippen LogP contribution < -0.4 is 10.0 Å². The van der Waals surface area contributed by atoms with Gasteiger partial charge in [-0.1, -0.05) is 12.1 Å². The van der Waals surface area contributed by atoms with Crippen LogP contribution in [0.15, 0.2) is 21.2 Å². The van der Waals surface area contributed by atoms with Crippen LogP contribution in [0.1, 0.15) is 23.2 Å². The molecule has 0 spiro atoms. The third-order valence-electron chi connectivity index (χ3n) is 2.84. The highest BCUT2D eigenvalue weighted by atomic mass is 32.2. The van der Waals surface area contributed by atoms with E-state index in [1.54, 1.807) is 6.92 Å². The molecule has 7 nitrogen and oxygen atoms in total. The lowest BCUT2D eigenvalue weighted by Gasteiger charge is -2.08. The summed E-state index contributed by atoms with van der Waals surface area (Å²) in [4.78, 5) is 5.05. The van der Waals surface area contributed by atoms with Gasteiger partial charge in [-0.25, -0.2) is 13.1 Å². The van der Waals surface area contributed by atoms with E-state index < -0.39 is 10.0 Å². The van der Waals surface area contributed by atoms with E-state index in [0.717, 1.165) is 17.0 Å². The van der Waals surface area contributed by atoms with Gasteiger partial charge in [0.25, 0.3) is 0 Å². The highest BCUT2D eigenvalue weighted by Crippen LogP contribution is 2.26. The van der Waals surface area contributed by atoms with Gasteiger partial charge >= 0.3 is 0 Å². The standard InChI is InChI=1S/C12H18N4O3S2/c1-3-13-6-10-12(9(2)7-20-10)21(17,18)15-5-4-11-14-8-19-16-11/h7-8,13,15H,3-6H2,1-2H3. The summed E-state index contributed by atoms with van der Waals surface area (Å²) in [6, 6.07) is 0. The molecule has 0 aliphatic heterocycles. The molecule has 0 amide bonds. The summed E-state index contributed by atoms with van der Waals surface area (Å²) in [5.41, 5.74) is 0.764. The largest absolute Gasteiger partial charge is 0.343 e. The normalized spacial score (nSPS) is 11.9. The first-order valence-corrected chi connectivity index (χ1v) is 8.93. The van der Waals surface area contributed by atoms with Gasteiger partial charge < -0.3 is 9.84 Å². The van der Waals surface area contributed by atoms with Crippen molar-refractivity contribution in [2.75, 3.05) is 13.1 Å². The summed E-state index contributed by atoms with van der Waals surface area (Å²) in [5.74, 6) is 0.479. The third kappa shape index (κ3) is 4.10. The minimum absolute atomic E-state index is 0.234. The van der Waals surface area contributed by atoms with Crippen LogP contribution in [0, 0.1) is 6.92 Å². The molecule has 2 heterocycles. The van der Waals surface area contributed by atoms with Gasteiger partial charge in [0.05, 0.1) is 0 Å². The monoisotopic (exact) mass is 330 g/mol. The Labute approximate surface area is 127 Å². The average molecular weight is 330 g/mol. The van der Waals surface area contributed by atoms with Crippen LogP contribution in [-0.4, -0.2) is 31.6 Å². The molecular weight excluding hydrogens is 312 g/mol. The number of thiophene rings is 1. The summed E-state index contributed by atoms with van der Waals surface area (Å²) in [5, 5.41) is 8.66. The van der Waals surface area contributed by atoms with E-state index in [9.17, 15) is 8.42 Å². The Hall–Kier alpha value is -1.29. The second-order valence-corrected chi connectivity index (χ2v) is 7.11. The van der Waals surface area contributed by atoms with Crippen molar-refractivity contribution in [3.8, 4) is 0 Å². The molecule has 2 rings (SSSR count). The molecule has 0 fully saturated rings. The first kappa shape index (κ1) is 16.1. The Morgan fingerprint density at radius 2 is 2.24 bits per heavy atom. The van der Waals surface area contributed by atoms with Gasteiger partial charge in [0.2, 0.25) is 16.4 Å². The average Bonchev–Trinajstić information content (AvgIpc) is 3.06. The Morgan fingerprint density at radius 1 is 1.43 bits per heavy atom. The van der Waals surface area contributed by atoms with E-state index in [-0.39, 0.29) is 6.54 Å². The van der Waals surface area contributed by atoms with Crippen LogP contribution >= 0.6 is 11.3 Å². The van der Waals surface area contributed by atoms with Crippen LogP contribution in [0.3, 0.4) is 0 Å². The Balaban J connectivity index is 2.06. The van der Waals surface area contributed by atoms with Crippen LogP contribution in [-0.2, 0) is 23.0 Å². The zero-order valence-corrected chi connectivity index (χ0v) is 13.6. The first-order valence-electron chi connectivity index (χ1n) is 6.57. The van der Waals surface area contributed by atoms with E-state index in [0.29, 0.717) is 23.7 Å². The van der Waals surface area contributed by atoms with Crippen LogP contribution in [0.4, 0.5) is 0 Å². The summed E-state index contributed by atoms with van der Waals surface area (Å²) in [6.45, 7) is 5.37. The van der Waals surface area contributed by atoms with Crippen molar-refractivity contribution in [1.82, 2.24) is 20.2 Å². The van der Waals surface area contributed by atoms with Gasteiger partial charge in [-0.15, -0.1) is 11.3 Å². The number of aryl methyl sites for hydroxylation is 1. The van der Waals surface area contributed by atoms with Gasteiger partial charge in [0.15, 0.2) is 5.82 Å². The summed E-state index contributed by atoms with van der Waals surface area (Å²) in [7, 11) is -3.53. The zero-order valence-electron chi connectivity index (χ0n) is 11.9. The molecule has 9 heteroatoms. The van der Waals surface area contributed by atoms with Crippen molar-refractivity contribution >= 4 is 21.4 Å². The van der Waals surface area contributed by atoms with Crippen LogP contribution in [0.2, 0.25) is 0 Å². The molecular formula is C12H18N4O3S2. The molecule has 0 atom stereocenters. The lowest BCUT2D eigenvalue weighted by atomic mass is 10.3. The van der Waals surface area contributed by atoms with Crippen molar-refractivity contribution in [2.45, 2.75) is 31.7 Å². The molecule has 0 aromatic carbocycles. The van der Waals surface area contributed by atoms with Crippen LogP contribution in [0.25, 0.3) is 0 Å². The maximum atomic E-state index is 12.4. The summed E-state index contributed by atoms with van der Waals surface area (Å²) < 4.78 is 32.1. The summed E-state index contributed by atoms with van der Waals surface area (Å²) >= 11 is 1.45. The topological polar surface area (TPSA) is 97.1 Å². The maximum absolute atomic E-state index is 12.4. The molecule has 0 saturated carbocycles. The molecule has 0 bridgehead atoms. The van der Waals surface area contributed by atoms with E-state index in [1.807, 2.05) is 12.3 Å². The second-order valence-electron chi connectivity index (χ2n) is 4.45. The molecule has 0 aliphatic rings. The van der Waals surface area contributed by atoms with Crippen molar-refractivity contribution in [3.63, 3.8) is 0 Å². The molecule has 0 radical (unpaired) electrons. The predicted molar refractivity (Wildman–Crippen MR) is 79.6 cm³/mol. The van der Waals surface area contributed by atoms with Crippen LogP contribution in [0.5, 0.6) is 0 Å². The van der Waals surface area contributed by atoms with E-state index in [1.165, 1.54) is 17.7 Å². The van der Waals surface area contributed by atoms with E-state index >= 15 is 0 Å². The van der Waals surface area contributed by atoms with Gasteiger partial charge in [-0.05, 0) is 24.4 Å². The third-order valence-corrected chi connectivity index (χ3v) is 5.76. The van der Waals surface area contributed by atoms with Gasteiger partial charge in [0.1, 0.15) is 4.90 Å². The van der Waals surface area contributed by atoms with Gasteiger partial charge in [-0.2, -0.15) is 4.98 Å². The Bertz CT molecular complexity index is 665. The number of nitrogens with one attached hydrogen (secondary N) is 2. The quantitative estimate of drug-likeness (QED) is 0.751. The van der Waals surface area contributed by atoms with Crippen molar-refractivity contribution in [1.29, 1.82) is 0 Å². The van der Waals surface area contributed by atoms with E-state index in [2.05, 4.69) is 24.7 Å². The number of nitrogens with zero attached hydrogens (tertiary/aromatic N) is 2. The lowest BCUT2D eigenvalue weighted by Crippen LogP contribution is -2.27. The highest BCUT2D eigenvalue weighted by molar-refractivity contribution is 7.89. The molecule has 116 valence electrons. The van der Waals surface area contributed by atoms with Gasteiger partial charge in [0, 0.05) is 24.4 Å². The first-order chi connectivity index (χ1) is 10.0. The minimum Gasteiger partial charge on any atom is -0.343 e. The van der Waals surface area contributed by atoms with Crippen molar-refractivity contribution in [2.24, 2.45) is 0 Å². The summed E-state index contributed by atoms with van der Waals surface area (Å²) in [6.07, 6.45) is 1.61. The fourth-order valence-corrected chi connectivity index (χ4v) is 4.69. The van der Waals surface area contributed by atoms with Crippen molar-refractivity contribution in [3.05, 3.63) is 28.0 Å². The molecule has 2 aromatic rings. The Kier molecular flexibility index (Phi) is 5.45. The van der Waals surface area contributed by atoms with Gasteiger partial charge in [-0.3, -0.25) is 0 Å². The van der Waals surface area contributed by atoms with E-state index in [4.69, 9.17) is 0 Å². The number of hydrogen-bond donors (Lipinski definition) is 2. The lowest BCUT2D eigenvalue weighted by molar-refractivity contribution is 0.410. The molecule has 0 saturated heterocycles. The molecule has 2 N–H and O–H groups in total. The number of sulfonamides is 1. The predicted octanol–water partition coefficient (Wildman–Crippen LogP) is 1.07. The number of rotatable bonds is 8. The molecule has 0 aliphatic carbocycles. The molecule has 2 aromatic heterocycles. The Morgan fingerprint density at radius 3 is 2.90 bits per heavy atom. The maximum Gasteiger partial charge on any atom is 0.241 e. The smallest absolute Gasteiger partial charge is 0.241 e. The fraction of sp³-hybridized carbons (Fsp3) is 0.500. The molecule has 0 unspecified atom stereocenters. The zero-order chi connectivity index (χ0) is 15.3. The number of aromatic nitrogens is 2. The molecule has 21 heavy (non-hydrogen) atoms. The fourth-order valence-electron chi connectivity index (χ4n) is 1.88. The minimum atomic E-state index is -3.53. The van der Waals surface area contributed by atoms with Crippen molar-refractivity contribution < 1.29 is 12.9 Å². The SMILES string of the molecule is CCNCc1scc(C)c1S(=O)(=O)NCCc1ncon1. The number of hydrogen-bond acceptors (Lipinski definition) is 7.